The van der Waals surface area contributed by atoms with E-state index in [2.05, 4.69) is 30.3 Å². The first-order chi connectivity index (χ1) is 8.76. The number of nitrogens with zero attached hydrogens (tertiary/aromatic N) is 3. The average Bonchev–Trinajstić information content (AvgIpc) is 2.70. The zero-order valence-electron chi connectivity index (χ0n) is 12.3. The highest BCUT2D eigenvalue weighted by Gasteiger charge is 2.33. The van der Waals surface area contributed by atoms with E-state index in [1.165, 1.54) is 4.31 Å². The van der Waals surface area contributed by atoms with Crippen LogP contribution in [0.15, 0.2) is 5.03 Å². The van der Waals surface area contributed by atoms with Crippen molar-refractivity contribution < 1.29 is 8.42 Å². The zero-order valence-corrected chi connectivity index (χ0v) is 13.2. The fraction of sp³-hybridized carbons (Fsp3) is 0.769. The smallest absolute Gasteiger partial charge is 0.261 e. The molecule has 0 fully saturated rings. The molecule has 1 aromatic heterocycles. The average molecular weight is 285 g/mol. The van der Waals surface area contributed by atoms with Gasteiger partial charge in [-0.2, -0.15) is 0 Å². The van der Waals surface area contributed by atoms with Gasteiger partial charge in [0, 0.05) is 26.6 Å². The van der Waals surface area contributed by atoms with E-state index in [4.69, 9.17) is 0 Å². The monoisotopic (exact) mass is 285 g/mol. The molecule has 2 rings (SSSR count). The first-order valence-corrected chi connectivity index (χ1v) is 8.23. The van der Waals surface area contributed by atoms with E-state index >= 15 is 0 Å². The second-order valence-corrected chi connectivity index (χ2v) is 7.86. The summed E-state index contributed by atoms with van der Waals surface area (Å²) in [4.78, 5) is 4.47. The first-order valence-electron chi connectivity index (χ1n) is 6.79. The van der Waals surface area contributed by atoms with E-state index in [1.54, 1.807) is 14.1 Å². The van der Waals surface area contributed by atoms with Crippen molar-refractivity contribution >= 4 is 10.0 Å². The number of sulfonamides is 1. The molecule has 0 radical (unpaired) electrons. The number of imidazole rings is 1. The normalized spacial score (nSPS) is 20.1. The van der Waals surface area contributed by atoms with Gasteiger partial charge in [0.1, 0.15) is 5.82 Å². The molecule has 108 valence electrons. The molecule has 2 heterocycles. The summed E-state index contributed by atoms with van der Waals surface area (Å²) in [5.41, 5.74) is 0.892. The topological polar surface area (TPSA) is 55.2 Å². The highest BCUT2D eigenvalue weighted by Crippen LogP contribution is 2.35. The summed E-state index contributed by atoms with van der Waals surface area (Å²) in [5.74, 6) is 1.37. The molecule has 0 aromatic carbocycles. The van der Waals surface area contributed by atoms with Gasteiger partial charge in [0.15, 0.2) is 5.03 Å². The molecule has 0 amide bonds. The molecule has 1 aliphatic heterocycles. The summed E-state index contributed by atoms with van der Waals surface area (Å²) >= 11 is 0. The minimum atomic E-state index is -3.46. The Balaban J connectivity index is 2.69. The maximum atomic E-state index is 12.4. The predicted octanol–water partition coefficient (Wildman–Crippen LogP) is 2.15. The Morgan fingerprint density at radius 2 is 2.00 bits per heavy atom. The van der Waals surface area contributed by atoms with Crippen LogP contribution in [0.4, 0.5) is 0 Å². The third-order valence-electron chi connectivity index (χ3n) is 3.73. The van der Waals surface area contributed by atoms with Gasteiger partial charge in [-0.1, -0.05) is 20.8 Å². The van der Waals surface area contributed by atoms with Crippen molar-refractivity contribution in [3.8, 4) is 0 Å². The molecule has 1 aromatic rings. The minimum absolute atomic E-state index is 0.232. The minimum Gasteiger partial charge on any atom is -0.330 e. The molecule has 1 atom stereocenters. The lowest BCUT2D eigenvalue weighted by Crippen LogP contribution is -2.25. The molecule has 1 aliphatic rings. The Hall–Kier alpha value is -0.880. The summed E-state index contributed by atoms with van der Waals surface area (Å²) in [6.07, 6.45) is 2.12. The second kappa shape index (κ2) is 4.90. The molecule has 6 heteroatoms. The lowest BCUT2D eigenvalue weighted by molar-refractivity contribution is 0.449. The molecule has 0 N–H and O–H groups in total. The Bertz CT molecular complexity index is 573. The summed E-state index contributed by atoms with van der Waals surface area (Å²) in [7, 11) is -0.344. The van der Waals surface area contributed by atoms with Gasteiger partial charge in [0.05, 0.1) is 5.69 Å². The van der Waals surface area contributed by atoms with Crippen molar-refractivity contribution in [2.45, 2.75) is 57.0 Å². The van der Waals surface area contributed by atoms with Crippen molar-refractivity contribution in [2.75, 3.05) is 14.1 Å². The van der Waals surface area contributed by atoms with E-state index in [1.807, 2.05) is 0 Å². The molecule has 19 heavy (non-hydrogen) atoms. The van der Waals surface area contributed by atoms with Crippen LogP contribution in [-0.4, -0.2) is 36.4 Å². The molecule has 0 bridgehead atoms. The van der Waals surface area contributed by atoms with E-state index in [0.717, 1.165) is 30.9 Å². The highest BCUT2D eigenvalue weighted by molar-refractivity contribution is 7.89. The lowest BCUT2D eigenvalue weighted by atomic mass is 9.98. The van der Waals surface area contributed by atoms with Gasteiger partial charge in [0.2, 0.25) is 0 Å². The quantitative estimate of drug-likeness (QED) is 0.855. The first kappa shape index (κ1) is 14.5. The summed E-state index contributed by atoms with van der Waals surface area (Å²) < 4.78 is 28.2. The molecule has 5 nitrogen and oxygen atoms in total. The van der Waals surface area contributed by atoms with Crippen LogP contribution in [0.2, 0.25) is 0 Å². The van der Waals surface area contributed by atoms with Crippen molar-refractivity contribution in [1.29, 1.82) is 0 Å². The fourth-order valence-corrected chi connectivity index (χ4v) is 3.80. The van der Waals surface area contributed by atoms with Crippen LogP contribution in [0.25, 0.3) is 0 Å². The molecule has 0 aliphatic carbocycles. The van der Waals surface area contributed by atoms with Crippen molar-refractivity contribution in [1.82, 2.24) is 13.9 Å². The Morgan fingerprint density at radius 1 is 1.37 bits per heavy atom. The van der Waals surface area contributed by atoms with Gasteiger partial charge >= 0.3 is 0 Å². The van der Waals surface area contributed by atoms with Crippen LogP contribution >= 0.6 is 0 Å². The van der Waals surface area contributed by atoms with Crippen molar-refractivity contribution in [3.63, 3.8) is 0 Å². The van der Waals surface area contributed by atoms with Gasteiger partial charge in [0.25, 0.3) is 10.0 Å². The largest absolute Gasteiger partial charge is 0.330 e. The highest BCUT2D eigenvalue weighted by atomic mass is 32.2. The van der Waals surface area contributed by atoms with Gasteiger partial charge in [-0.25, -0.2) is 17.7 Å². The lowest BCUT2D eigenvalue weighted by Gasteiger charge is -2.24. The Kier molecular flexibility index (Phi) is 3.75. The SMILES string of the molecule is CC(C)c1nc(S(=O)(=O)N(C)C)c2n1CCCC2C. The number of rotatable bonds is 3. The number of hydrogen-bond donors (Lipinski definition) is 0. The van der Waals surface area contributed by atoms with Gasteiger partial charge in [-0.15, -0.1) is 0 Å². The maximum Gasteiger partial charge on any atom is 0.261 e. The van der Waals surface area contributed by atoms with E-state index in [-0.39, 0.29) is 16.9 Å². The van der Waals surface area contributed by atoms with Crippen molar-refractivity contribution in [2.24, 2.45) is 0 Å². The third kappa shape index (κ3) is 2.31. The number of aromatic nitrogens is 2. The molecule has 0 saturated carbocycles. The Labute approximate surface area is 115 Å². The molecular formula is C13H23N3O2S. The van der Waals surface area contributed by atoms with Crippen LogP contribution < -0.4 is 0 Å². The molecule has 0 spiro atoms. The van der Waals surface area contributed by atoms with E-state index < -0.39 is 10.0 Å². The van der Waals surface area contributed by atoms with Gasteiger partial charge in [-0.3, -0.25) is 0 Å². The maximum absolute atomic E-state index is 12.4. The van der Waals surface area contributed by atoms with Gasteiger partial charge in [-0.05, 0) is 18.8 Å². The molecular weight excluding hydrogens is 262 g/mol. The standard InChI is InChI=1S/C13H23N3O2S/c1-9(2)12-14-13(19(17,18)15(4)5)11-10(3)7-6-8-16(11)12/h9-10H,6-8H2,1-5H3. The third-order valence-corrected chi connectivity index (χ3v) is 5.48. The molecule has 1 unspecified atom stereocenters. The summed E-state index contributed by atoms with van der Waals surface area (Å²) in [6.45, 7) is 7.08. The second-order valence-electron chi connectivity index (χ2n) is 5.80. The van der Waals surface area contributed by atoms with Crippen LogP contribution in [0.5, 0.6) is 0 Å². The van der Waals surface area contributed by atoms with Crippen LogP contribution in [0.1, 0.15) is 57.0 Å². The molecule has 0 saturated heterocycles. The van der Waals surface area contributed by atoms with Crippen LogP contribution in [-0.2, 0) is 16.6 Å². The number of fused-ring (bicyclic) bond motifs is 1. The van der Waals surface area contributed by atoms with Crippen molar-refractivity contribution in [3.05, 3.63) is 11.5 Å². The Morgan fingerprint density at radius 3 is 2.53 bits per heavy atom. The summed E-state index contributed by atoms with van der Waals surface area (Å²) in [5, 5.41) is 0.258. The number of hydrogen-bond acceptors (Lipinski definition) is 3. The summed E-state index contributed by atoms with van der Waals surface area (Å²) in [6, 6.07) is 0. The van der Waals surface area contributed by atoms with Crippen LogP contribution in [0.3, 0.4) is 0 Å². The zero-order chi connectivity index (χ0) is 14.4. The fourth-order valence-electron chi connectivity index (χ4n) is 2.67. The van der Waals surface area contributed by atoms with Crippen LogP contribution in [0, 0.1) is 0 Å². The predicted molar refractivity (Wildman–Crippen MR) is 74.8 cm³/mol. The van der Waals surface area contributed by atoms with E-state index in [9.17, 15) is 8.42 Å². The van der Waals surface area contributed by atoms with Gasteiger partial charge < -0.3 is 4.57 Å². The van der Waals surface area contributed by atoms with E-state index in [0.29, 0.717) is 0 Å².